The van der Waals surface area contributed by atoms with Crippen LogP contribution in [-0.4, -0.2) is 18.0 Å². The summed E-state index contributed by atoms with van der Waals surface area (Å²) in [6, 6.07) is 0. The van der Waals surface area contributed by atoms with Crippen LogP contribution >= 0.6 is 0 Å². The summed E-state index contributed by atoms with van der Waals surface area (Å²) in [7, 11) is 0. The molecule has 0 aromatic rings. The summed E-state index contributed by atoms with van der Waals surface area (Å²) in [5.41, 5.74) is 5.62. The van der Waals surface area contributed by atoms with Crippen molar-refractivity contribution < 1.29 is 0 Å². The van der Waals surface area contributed by atoms with Crippen LogP contribution in [0.4, 0.5) is 0 Å². The van der Waals surface area contributed by atoms with Crippen LogP contribution < -0.4 is 11.1 Å². The lowest BCUT2D eigenvalue weighted by atomic mass is 9.98. The number of hydrogen-bond donors (Lipinski definition) is 2. The minimum Gasteiger partial charge on any atom is -0.370 e. The number of hydrogen-bond acceptors (Lipinski definition) is 3. The number of aliphatic imine (C=N–C) groups is 1. The average Bonchev–Trinajstić information content (AvgIpc) is 2.12. The van der Waals surface area contributed by atoms with Crippen molar-refractivity contribution in [2.24, 2.45) is 10.7 Å². The van der Waals surface area contributed by atoms with Gasteiger partial charge in [0.2, 0.25) is 0 Å². The van der Waals surface area contributed by atoms with Crippen LogP contribution in [-0.2, 0) is 0 Å². The van der Waals surface area contributed by atoms with E-state index in [1.807, 2.05) is 0 Å². The van der Waals surface area contributed by atoms with Gasteiger partial charge in [0.25, 0.3) is 0 Å². The third kappa shape index (κ3) is 1.40. The van der Waals surface area contributed by atoms with E-state index in [1.54, 1.807) is 0 Å². The van der Waals surface area contributed by atoms with Crippen molar-refractivity contribution >= 4 is 5.96 Å². The van der Waals surface area contributed by atoms with Crippen LogP contribution in [0.25, 0.3) is 0 Å². The molecule has 1 unspecified atom stereocenters. The van der Waals surface area contributed by atoms with Crippen LogP contribution in [0.2, 0.25) is 0 Å². The first kappa shape index (κ1) is 7.38. The van der Waals surface area contributed by atoms with Crippen molar-refractivity contribution in [3.63, 3.8) is 0 Å². The van der Waals surface area contributed by atoms with E-state index in [0.29, 0.717) is 5.96 Å². The molecule has 0 aliphatic carbocycles. The first-order valence-electron chi connectivity index (χ1n) is 3.74. The molecule has 1 aliphatic rings. The molecular weight excluding hydrogens is 126 g/mol. The highest BCUT2D eigenvalue weighted by Crippen LogP contribution is 2.15. The summed E-state index contributed by atoms with van der Waals surface area (Å²) in [4.78, 5) is 4.09. The first-order chi connectivity index (χ1) is 4.66. The Morgan fingerprint density at radius 2 is 2.50 bits per heavy atom. The fraction of sp³-hybridized carbons (Fsp3) is 0.857. The van der Waals surface area contributed by atoms with E-state index in [2.05, 4.69) is 24.2 Å². The summed E-state index contributed by atoms with van der Waals surface area (Å²) in [6.07, 6.45) is 2.31. The van der Waals surface area contributed by atoms with Gasteiger partial charge in [-0.25, -0.2) is 0 Å². The quantitative estimate of drug-likeness (QED) is 0.587. The van der Waals surface area contributed by atoms with Crippen molar-refractivity contribution in [3.8, 4) is 0 Å². The topological polar surface area (TPSA) is 50.4 Å². The van der Waals surface area contributed by atoms with Crippen molar-refractivity contribution in [1.82, 2.24) is 5.32 Å². The molecule has 0 amide bonds. The molecule has 1 rings (SSSR count). The molecule has 0 saturated heterocycles. The van der Waals surface area contributed by atoms with Gasteiger partial charge in [-0.1, -0.05) is 13.3 Å². The zero-order chi connectivity index (χ0) is 7.61. The molecule has 0 radical (unpaired) electrons. The number of nitrogens with two attached hydrogens (primary N) is 1. The van der Waals surface area contributed by atoms with Gasteiger partial charge in [0, 0.05) is 0 Å². The Balaban J connectivity index is 2.44. The molecule has 0 aromatic heterocycles. The molecule has 0 fully saturated rings. The normalized spacial score (nSPS) is 31.6. The molecule has 1 atom stereocenters. The highest BCUT2D eigenvalue weighted by atomic mass is 15.2. The van der Waals surface area contributed by atoms with E-state index < -0.39 is 0 Å². The Morgan fingerprint density at radius 1 is 1.80 bits per heavy atom. The Morgan fingerprint density at radius 3 is 2.90 bits per heavy atom. The standard InChI is InChI=1S/C7H15N3/c1-3-4-7(2)5-9-6(8)10-7/h3-5H2,1-2H3,(H3,8,9,10). The van der Waals surface area contributed by atoms with E-state index in [0.717, 1.165) is 13.0 Å². The Bertz CT molecular complexity index is 153. The van der Waals surface area contributed by atoms with E-state index in [-0.39, 0.29) is 5.54 Å². The third-order valence-electron chi connectivity index (χ3n) is 1.83. The molecule has 10 heavy (non-hydrogen) atoms. The lowest BCUT2D eigenvalue weighted by Gasteiger charge is -2.22. The summed E-state index contributed by atoms with van der Waals surface area (Å²) in [5, 5.41) is 3.16. The van der Waals surface area contributed by atoms with Crippen molar-refractivity contribution in [2.45, 2.75) is 32.2 Å². The highest BCUT2D eigenvalue weighted by molar-refractivity contribution is 5.80. The van der Waals surface area contributed by atoms with Crippen molar-refractivity contribution in [3.05, 3.63) is 0 Å². The van der Waals surface area contributed by atoms with Crippen LogP contribution in [0.5, 0.6) is 0 Å². The fourth-order valence-corrected chi connectivity index (χ4v) is 1.34. The predicted molar refractivity (Wildman–Crippen MR) is 42.9 cm³/mol. The van der Waals surface area contributed by atoms with Gasteiger partial charge in [-0.3, -0.25) is 4.99 Å². The van der Waals surface area contributed by atoms with Crippen LogP contribution in [0.15, 0.2) is 4.99 Å². The molecule has 0 bridgehead atoms. The van der Waals surface area contributed by atoms with Gasteiger partial charge in [0.15, 0.2) is 5.96 Å². The summed E-state index contributed by atoms with van der Waals surface area (Å²) >= 11 is 0. The Hall–Kier alpha value is -0.730. The zero-order valence-electron chi connectivity index (χ0n) is 6.65. The van der Waals surface area contributed by atoms with Crippen molar-refractivity contribution in [1.29, 1.82) is 0 Å². The molecule has 0 spiro atoms. The summed E-state index contributed by atoms with van der Waals surface area (Å²) in [5.74, 6) is 0.593. The van der Waals surface area contributed by atoms with Crippen LogP contribution in [0.1, 0.15) is 26.7 Å². The monoisotopic (exact) mass is 141 g/mol. The Labute approximate surface area is 61.7 Å². The molecule has 0 aromatic carbocycles. The van der Waals surface area contributed by atoms with Crippen LogP contribution in [0, 0.1) is 0 Å². The molecule has 3 N–H and O–H groups in total. The van der Waals surface area contributed by atoms with Gasteiger partial charge in [-0.2, -0.15) is 0 Å². The summed E-state index contributed by atoms with van der Waals surface area (Å²) < 4.78 is 0. The number of nitrogens with one attached hydrogen (secondary N) is 1. The van der Waals surface area contributed by atoms with Gasteiger partial charge in [-0.15, -0.1) is 0 Å². The van der Waals surface area contributed by atoms with Crippen molar-refractivity contribution in [2.75, 3.05) is 6.54 Å². The van der Waals surface area contributed by atoms with Gasteiger partial charge in [-0.05, 0) is 13.3 Å². The van der Waals surface area contributed by atoms with Gasteiger partial charge in [0.05, 0.1) is 12.1 Å². The number of guanidine groups is 1. The molecule has 0 saturated carbocycles. The minimum atomic E-state index is 0.138. The van der Waals surface area contributed by atoms with Crippen LogP contribution in [0.3, 0.4) is 0 Å². The third-order valence-corrected chi connectivity index (χ3v) is 1.83. The Kier molecular flexibility index (Phi) is 1.83. The molecule has 3 nitrogen and oxygen atoms in total. The first-order valence-corrected chi connectivity index (χ1v) is 3.74. The molecular formula is C7H15N3. The zero-order valence-corrected chi connectivity index (χ0v) is 6.65. The molecule has 58 valence electrons. The lowest BCUT2D eigenvalue weighted by Crippen LogP contribution is -2.45. The van der Waals surface area contributed by atoms with E-state index in [9.17, 15) is 0 Å². The predicted octanol–water partition coefficient (Wildman–Crippen LogP) is 0.463. The highest BCUT2D eigenvalue weighted by Gasteiger charge is 2.27. The minimum absolute atomic E-state index is 0.138. The molecule has 1 aliphatic heterocycles. The van der Waals surface area contributed by atoms with E-state index in [1.165, 1.54) is 6.42 Å². The maximum absolute atomic E-state index is 5.48. The second-order valence-electron chi connectivity index (χ2n) is 3.14. The fourth-order valence-electron chi connectivity index (χ4n) is 1.34. The largest absolute Gasteiger partial charge is 0.370 e. The summed E-state index contributed by atoms with van der Waals surface area (Å²) in [6.45, 7) is 5.15. The van der Waals surface area contributed by atoms with Gasteiger partial charge in [0.1, 0.15) is 0 Å². The van der Waals surface area contributed by atoms with E-state index in [4.69, 9.17) is 5.73 Å². The van der Waals surface area contributed by atoms with E-state index >= 15 is 0 Å². The second-order valence-corrected chi connectivity index (χ2v) is 3.14. The SMILES string of the molecule is CCCC1(C)CN=C(N)N1. The maximum Gasteiger partial charge on any atom is 0.189 e. The van der Waals surface area contributed by atoms with Gasteiger partial charge >= 0.3 is 0 Å². The molecule has 3 heteroatoms. The van der Waals surface area contributed by atoms with Gasteiger partial charge < -0.3 is 11.1 Å². The number of rotatable bonds is 2. The average molecular weight is 141 g/mol. The number of nitrogens with zero attached hydrogens (tertiary/aromatic N) is 1. The second kappa shape index (κ2) is 2.48. The molecule has 1 heterocycles. The lowest BCUT2D eigenvalue weighted by molar-refractivity contribution is 0.416. The smallest absolute Gasteiger partial charge is 0.189 e. The maximum atomic E-state index is 5.48.